The molecule has 0 saturated carbocycles. The fourth-order valence-electron chi connectivity index (χ4n) is 5.41. The molecule has 0 radical (unpaired) electrons. The van der Waals surface area contributed by atoms with Crippen LogP contribution in [0.3, 0.4) is 0 Å². The number of hydrogen-bond acceptors (Lipinski definition) is 8. The van der Waals surface area contributed by atoms with Gasteiger partial charge in [0.2, 0.25) is 5.95 Å². The van der Waals surface area contributed by atoms with Gasteiger partial charge in [-0.25, -0.2) is 15.0 Å². The van der Waals surface area contributed by atoms with Gasteiger partial charge in [-0.1, -0.05) is 18.2 Å². The molecule has 5 heterocycles. The Bertz CT molecular complexity index is 1810. The van der Waals surface area contributed by atoms with Gasteiger partial charge in [0.05, 0.1) is 5.56 Å². The van der Waals surface area contributed by atoms with Crippen LogP contribution in [0, 0.1) is 0 Å². The number of hydrogen-bond donors (Lipinski definition) is 1. The second kappa shape index (κ2) is 8.88. The van der Waals surface area contributed by atoms with Gasteiger partial charge in [-0.2, -0.15) is 17.7 Å². The average molecular weight is 569 g/mol. The minimum Gasteiger partial charge on any atom is -0.395 e. The first kappa shape index (κ1) is 25.2. The third-order valence-corrected chi connectivity index (χ3v) is 7.29. The maximum atomic E-state index is 13.7. The molecule has 7 rings (SSSR count). The number of nitrogen functional groups attached to an aromatic ring is 1. The maximum absolute atomic E-state index is 13.7. The Kier molecular flexibility index (Phi) is 5.46. The molecule has 0 aliphatic carbocycles. The number of anilines is 2. The standard InChI is InChI=1S/C27H20F5N7O2/c28-26(29,30)17-5-3-14(4-6-17)16-9-11-38(13-16)23-15(2-1-10-34-23)12-20-35-24-18-7-8-19-22(41-27(31,32)40-19)21(18)36-25(33)39(24)37-20/h1-8,10,16H,9,11-13H2,(H2,33,36)/t16-/m1/s1. The van der Waals surface area contributed by atoms with Crippen molar-refractivity contribution in [2.24, 2.45) is 0 Å². The summed E-state index contributed by atoms with van der Waals surface area (Å²) in [5.41, 5.74) is 7.51. The summed E-state index contributed by atoms with van der Waals surface area (Å²) in [5.74, 6) is 0.738. The fraction of sp³-hybridized carbons (Fsp3) is 0.259. The number of nitrogens with two attached hydrogens (primary N) is 1. The maximum Gasteiger partial charge on any atom is 0.586 e. The molecule has 1 atom stereocenters. The molecule has 41 heavy (non-hydrogen) atoms. The van der Waals surface area contributed by atoms with Crippen LogP contribution in [0.2, 0.25) is 0 Å². The summed E-state index contributed by atoms with van der Waals surface area (Å²) in [6.07, 6.45) is -5.46. The summed E-state index contributed by atoms with van der Waals surface area (Å²) < 4.78 is 76.8. The number of alkyl halides is 5. The Morgan fingerprint density at radius 1 is 1.02 bits per heavy atom. The van der Waals surface area contributed by atoms with Crippen molar-refractivity contribution in [1.82, 2.24) is 24.6 Å². The predicted molar refractivity (Wildman–Crippen MR) is 137 cm³/mol. The average Bonchev–Trinajstić information content (AvgIpc) is 3.65. The van der Waals surface area contributed by atoms with Crippen molar-refractivity contribution in [2.75, 3.05) is 23.7 Å². The zero-order valence-corrected chi connectivity index (χ0v) is 21.1. The van der Waals surface area contributed by atoms with Gasteiger partial charge in [0.1, 0.15) is 11.3 Å². The van der Waals surface area contributed by atoms with Crippen molar-refractivity contribution >= 4 is 28.3 Å². The minimum absolute atomic E-state index is 0.0537. The van der Waals surface area contributed by atoms with E-state index in [2.05, 4.69) is 34.4 Å². The lowest BCUT2D eigenvalue weighted by atomic mass is 9.97. The molecule has 3 aromatic heterocycles. The van der Waals surface area contributed by atoms with Gasteiger partial charge in [0.15, 0.2) is 23.0 Å². The molecule has 0 spiro atoms. The van der Waals surface area contributed by atoms with Crippen molar-refractivity contribution in [2.45, 2.75) is 31.2 Å². The zero-order chi connectivity index (χ0) is 28.5. The number of aromatic nitrogens is 5. The van der Waals surface area contributed by atoms with E-state index in [0.717, 1.165) is 35.5 Å². The second-order valence-electron chi connectivity index (χ2n) is 9.90. The smallest absolute Gasteiger partial charge is 0.395 e. The van der Waals surface area contributed by atoms with E-state index in [4.69, 9.17) is 5.73 Å². The van der Waals surface area contributed by atoms with Gasteiger partial charge in [-0.15, -0.1) is 13.9 Å². The molecule has 2 aliphatic heterocycles. The van der Waals surface area contributed by atoms with Crippen LogP contribution in [-0.2, 0) is 12.6 Å². The molecular formula is C27H20F5N7O2. The Balaban J connectivity index is 1.17. The summed E-state index contributed by atoms with van der Waals surface area (Å²) in [6, 6.07) is 11.9. The van der Waals surface area contributed by atoms with Crippen LogP contribution in [0.25, 0.3) is 16.6 Å². The lowest BCUT2D eigenvalue weighted by molar-refractivity contribution is -0.286. The first-order valence-corrected chi connectivity index (χ1v) is 12.7. The molecule has 14 heteroatoms. The van der Waals surface area contributed by atoms with Crippen molar-refractivity contribution in [1.29, 1.82) is 0 Å². The molecule has 210 valence electrons. The summed E-state index contributed by atoms with van der Waals surface area (Å²) in [4.78, 5) is 15.5. The van der Waals surface area contributed by atoms with Crippen LogP contribution >= 0.6 is 0 Å². The number of pyridine rings is 1. The third kappa shape index (κ3) is 4.39. The number of ether oxygens (including phenoxy) is 2. The van der Waals surface area contributed by atoms with E-state index < -0.39 is 18.0 Å². The third-order valence-electron chi connectivity index (χ3n) is 7.29. The molecule has 0 unspecified atom stereocenters. The van der Waals surface area contributed by atoms with Crippen molar-refractivity contribution in [3.63, 3.8) is 0 Å². The zero-order valence-electron chi connectivity index (χ0n) is 21.1. The van der Waals surface area contributed by atoms with Crippen LogP contribution < -0.4 is 20.1 Å². The number of benzene rings is 2. The van der Waals surface area contributed by atoms with E-state index in [1.807, 2.05) is 6.07 Å². The summed E-state index contributed by atoms with van der Waals surface area (Å²) >= 11 is 0. The normalized spacial score (nSPS) is 18.1. The Morgan fingerprint density at radius 3 is 2.61 bits per heavy atom. The highest BCUT2D eigenvalue weighted by Gasteiger charge is 2.45. The van der Waals surface area contributed by atoms with Crippen LogP contribution in [-0.4, -0.2) is 44.0 Å². The van der Waals surface area contributed by atoms with E-state index in [0.29, 0.717) is 29.9 Å². The molecule has 5 aromatic rings. The predicted octanol–water partition coefficient (Wildman–Crippen LogP) is 5.18. The van der Waals surface area contributed by atoms with E-state index in [-0.39, 0.29) is 35.3 Å². The summed E-state index contributed by atoms with van der Waals surface area (Å²) in [6.45, 7) is 1.26. The van der Waals surface area contributed by atoms with E-state index in [9.17, 15) is 22.0 Å². The molecule has 0 amide bonds. The van der Waals surface area contributed by atoms with Crippen molar-refractivity contribution in [3.8, 4) is 11.5 Å². The van der Waals surface area contributed by atoms with Gasteiger partial charge in [0.25, 0.3) is 0 Å². The van der Waals surface area contributed by atoms with Crippen LogP contribution in [0.4, 0.5) is 33.7 Å². The van der Waals surface area contributed by atoms with Crippen LogP contribution in [0.5, 0.6) is 11.5 Å². The van der Waals surface area contributed by atoms with Gasteiger partial charge in [-0.3, -0.25) is 0 Å². The Labute approximate surface area is 228 Å². The number of nitrogens with zero attached hydrogens (tertiary/aromatic N) is 6. The molecule has 1 saturated heterocycles. The van der Waals surface area contributed by atoms with Crippen molar-refractivity contribution in [3.05, 3.63) is 77.2 Å². The highest BCUT2D eigenvalue weighted by Crippen LogP contribution is 2.45. The molecule has 2 N–H and O–H groups in total. The number of rotatable bonds is 4. The molecule has 2 aromatic carbocycles. The molecule has 9 nitrogen and oxygen atoms in total. The highest BCUT2D eigenvalue weighted by atomic mass is 19.4. The van der Waals surface area contributed by atoms with Gasteiger partial charge >= 0.3 is 12.5 Å². The Morgan fingerprint density at radius 2 is 1.83 bits per heavy atom. The molecule has 1 fully saturated rings. The topological polar surface area (TPSA) is 104 Å². The summed E-state index contributed by atoms with van der Waals surface area (Å²) in [7, 11) is 0. The quantitative estimate of drug-likeness (QED) is 0.296. The van der Waals surface area contributed by atoms with Gasteiger partial charge in [0, 0.05) is 42.6 Å². The Hall–Kier alpha value is -4.75. The number of fused-ring (bicyclic) bond motifs is 5. The highest BCUT2D eigenvalue weighted by molar-refractivity contribution is 5.97. The number of halogens is 5. The fourth-order valence-corrected chi connectivity index (χ4v) is 5.41. The first-order chi connectivity index (χ1) is 19.6. The van der Waals surface area contributed by atoms with E-state index in [1.54, 1.807) is 18.3 Å². The van der Waals surface area contributed by atoms with Gasteiger partial charge < -0.3 is 20.1 Å². The largest absolute Gasteiger partial charge is 0.586 e. The minimum atomic E-state index is -4.38. The monoisotopic (exact) mass is 569 g/mol. The first-order valence-electron chi connectivity index (χ1n) is 12.7. The summed E-state index contributed by atoms with van der Waals surface area (Å²) in [5, 5.41) is 4.90. The molecule has 0 bridgehead atoms. The lowest BCUT2D eigenvalue weighted by Crippen LogP contribution is -2.26. The van der Waals surface area contributed by atoms with Crippen molar-refractivity contribution < 1.29 is 31.4 Å². The van der Waals surface area contributed by atoms with E-state index in [1.165, 1.54) is 22.7 Å². The lowest BCUT2D eigenvalue weighted by Gasteiger charge is -2.20. The molecular weight excluding hydrogens is 549 g/mol. The van der Waals surface area contributed by atoms with Crippen LogP contribution in [0.1, 0.15) is 34.9 Å². The molecule has 2 aliphatic rings. The van der Waals surface area contributed by atoms with Gasteiger partial charge in [-0.05, 0) is 42.3 Å². The van der Waals surface area contributed by atoms with E-state index >= 15 is 0 Å². The van der Waals surface area contributed by atoms with Crippen LogP contribution in [0.15, 0.2) is 54.7 Å². The second-order valence-corrected chi connectivity index (χ2v) is 9.90. The SMILES string of the molecule is Nc1nc2c3c(ccc2c2nc(Cc4cccnc4N4CC[C@@H](c5ccc(C(F)(F)F)cc5)C4)nn12)OC(F)(F)O3.